The van der Waals surface area contributed by atoms with Crippen LogP contribution in [0.25, 0.3) is 0 Å². The predicted molar refractivity (Wildman–Crippen MR) is 55.6 cm³/mol. The molecule has 0 fully saturated rings. The zero-order valence-electron chi connectivity index (χ0n) is 8.42. The largest absolute Gasteiger partial charge is 0.338 e. The zero-order valence-corrected chi connectivity index (χ0v) is 8.42. The fraction of sp³-hybridized carbons (Fsp3) is 0.182. The molecule has 76 valence electrons. The first-order chi connectivity index (χ1) is 7.29. The maximum Gasteiger partial charge on any atom is 0.151 e. The van der Waals surface area contributed by atoms with Gasteiger partial charge in [-0.05, 0) is 11.6 Å². The third kappa shape index (κ3) is 2.10. The number of aldehydes is 1. The lowest BCUT2D eigenvalue weighted by atomic mass is 10.1. The molecule has 0 bridgehead atoms. The summed E-state index contributed by atoms with van der Waals surface area (Å²) in [6.45, 7) is 0. The number of carbonyl (C=O) groups is 1. The van der Waals surface area contributed by atoms with Crippen molar-refractivity contribution in [3.8, 4) is 0 Å². The zero-order chi connectivity index (χ0) is 10.7. The number of aryl methyl sites for hydroxylation is 1. The molecule has 0 unspecified atom stereocenters. The van der Waals surface area contributed by atoms with E-state index in [4.69, 9.17) is 0 Å². The highest BCUT2D eigenvalue weighted by molar-refractivity contribution is 5.74. The van der Waals surface area contributed by atoms with Gasteiger partial charge in [-0.25, -0.2) is 4.98 Å². The van der Waals surface area contributed by atoms with Crippen molar-refractivity contribution in [1.29, 1.82) is 0 Å². The first-order valence-electron chi connectivity index (χ1n) is 4.65. The van der Waals surface area contributed by atoms with Gasteiger partial charge in [-0.15, -0.1) is 0 Å². The van der Waals surface area contributed by atoms with E-state index in [0.29, 0.717) is 12.0 Å². The molecule has 2 aromatic heterocycles. The number of pyridine rings is 1. The van der Waals surface area contributed by atoms with Crippen LogP contribution in [-0.2, 0) is 13.5 Å². The number of aromatic nitrogens is 3. The molecule has 4 nitrogen and oxygen atoms in total. The summed E-state index contributed by atoms with van der Waals surface area (Å²) in [6, 6.07) is 1.83. The van der Waals surface area contributed by atoms with Crippen LogP contribution in [0.15, 0.2) is 30.9 Å². The molecule has 0 spiro atoms. The van der Waals surface area contributed by atoms with Crippen LogP contribution >= 0.6 is 0 Å². The Morgan fingerprint density at radius 2 is 2.33 bits per heavy atom. The molecule has 2 rings (SSSR count). The summed E-state index contributed by atoms with van der Waals surface area (Å²) < 4.78 is 1.95. The van der Waals surface area contributed by atoms with Crippen molar-refractivity contribution in [1.82, 2.24) is 14.5 Å². The second-order valence-electron chi connectivity index (χ2n) is 3.38. The number of nitrogens with zero attached hydrogens (tertiary/aromatic N) is 3. The minimum atomic E-state index is 0.599. The smallest absolute Gasteiger partial charge is 0.151 e. The highest BCUT2D eigenvalue weighted by atomic mass is 16.1. The van der Waals surface area contributed by atoms with Gasteiger partial charge in [0.2, 0.25) is 0 Å². The van der Waals surface area contributed by atoms with E-state index in [2.05, 4.69) is 9.97 Å². The standard InChI is InChI=1S/C11H11N3O/c1-14-3-2-13-11(14)5-9-4-10(8-15)7-12-6-9/h2-4,6-8H,5H2,1H3. The normalized spacial score (nSPS) is 10.2. The second kappa shape index (κ2) is 4.04. The summed E-state index contributed by atoms with van der Waals surface area (Å²) in [6.07, 6.45) is 8.45. The molecular weight excluding hydrogens is 190 g/mol. The molecule has 0 N–H and O–H groups in total. The first kappa shape index (κ1) is 9.58. The molecule has 0 saturated heterocycles. The summed E-state index contributed by atoms with van der Waals surface area (Å²) >= 11 is 0. The number of imidazole rings is 1. The van der Waals surface area contributed by atoms with Gasteiger partial charge < -0.3 is 4.57 Å². The molecule has 0 atom stereocenters. The minimum absolute atomic E-state index is 0.599. The summed E-state index contributed by atoms with van der Waals surface area (Å²) in [5.74, 6) is 0.958. The first-order valence-corrected chi connectivity index (χ1v) is 4.65. The topological polar surface area (TPSA) is 47.8 Å². The molecule has 15 heavy (non-hydrogen) atoms. The summed E-state index contributed by atoms with van der Waals surface area (Å²) in [5, 5.41) is 0. The van der Waals surface area contributed by atoms with Gasteiger partial charge in [-0.2, -0.15) is 0 Å². The van der Waals surface area contributed by atoms with Crippen molar-refractivity contribution >= 4 is 6.29 Å². The predicted octanol–water partition coefficient (Wildman–Crippen LogP) is 1.22. The van der Waals surface area contributed by atoms with Crippen LogP contribution in [0.1, 0.15) is 21.7 Å². The third-order valence-electron chi connectivity index (χ3n) is 2.24. The van der Waals surface area contributed by atoms with E-state index in [1.165, 1.54) is 0 Å². The average Bonchev–Trinajstić information content (AvgIpc) is 2.65. The number of rotatable bonds is 3. The van der Waals surface area contributed by atoms with Gasteiger partial charge in [0, 0.05) is 43.8 Å². The number of hydrogen-bond donors (Lipinski definition) is 0. The van der Waals surface area contributed by atoms with Gasteiger partial charge in [-0.3, -0.25) is 9.78 Å². The quantitative estimate of drug-likeness (QED) is 0.701. The van der Waals surface area contributed by atoms with Crippen LogP contribution in [-0.4, -0.2) is 20.8 Å². The number of carbonyl (C=O) groups excluding carboxylic acids is 1. The van der Waals surface area contributed by atoms with Crippen LogP contribution in [0.3, 0.4) is 0 Å². The van der Waals surface area contributed by atoms with Crippen molar-refractivity contribution in [3.05, 3.63) is 47.8 Å². The molecule has 0 aliphatic carbocycles. The van der Waals surface area contributed by atoms with E-state index in [1.807, 2.05) is 23.9 Å². The van der Waals surface area contributed by atoms with E-state index in [9.17, 15) is 4.79 Å². The maximum absolute atomic E-state index is 10.6. The number of hydrogen-bond acceptors (Lipinski definition) is 3. The molecule has 0 amide bonds. The Bertz CT molecular complexity index is 476. The van der Waals surface area contributed by atoms with E-state index in [0.717, 1.165) is 17.7 Å². The van der Waals surface area contributed by atoms with Crippen molar-refractivity contribution < 1.29 is 4.79 Å². The van der Waals surface area contributed by atoms with Crippen molar-refractivity contribution in [3.63, 3.8) is 0 Å². The Kier molecular flexibility index (Phi) is 2.58. The van der Waals surface area contributed by atoms with Crippen LogP contribution in [0.5, 0.6) is 0 Å². The fourth-order valence-electron chi connectivity index (χ4n) is 1.42. The Balaban J connectivity index is 2.24. The van der Waals surface area contributed by atoms with E-state index in [1.54, 1.807) is 18.6 Å². The minimum Gasteiger partial charge on any atom is -0.338 e. The molecule has 0 saturated carbocycles. The van der Waals surface area contributed by atoms with Crippen LogP contribution in [0.2, 0.25) is 0 Å². The van der Waals surface area contributed by atoms with E-state index in [-0.39, 0.29) is 0 Å². The lowest BCUT2D eigenvalue weighted by Gasteiger charge is -2.01. The van der Waals surface area contributed by atoms with Gasteiger partial charge >= 0.3 is 0 Å². The molecular formula is C11H11N3O. The van der Waals surface area contributed by atoms with Crippen LogP contribution < -0.4 is 0 Å². The van der Waals surface area contributed by atoms with Crippen molar-refractivity contribution in [2.75, 3.05) is 0 Å². The van der Waals surface area contributed by atoms with Gasteiger partial charge in [-0.1, -0.05) is 0 Å². The Morgan fingerprint density at radius 1 is 1.47 bits per heavy atom. The average molecular weight is 201 g/mol. The van der Waals surface area contributed by atoms with E-state index < -0.39 is 0 Å². The highest BCUT2D eigenvalue weighted by Gasteiger charge is 2.02. The molecule has 0 radical (unpaired) electrons. The van der Waals surface area contributed by atoms with Crippen LogP contribution in [0, 0.1) is 0 Å². The lowest BCUT2D eigenvalue weighted by Crippen LogP contribution is -1.99. The SMILES string of the molecule is Cn1ccnc1Cc1cncc(C=O)c1. The molecule has 0 aromatic carbocycles. The van der Waals surface area contributed by atoms with Crippen LogP contribution in [0.4, 0.5) is 0 Å². The molecule has 0 aliphatic rings. The Morgan fingerprint density at radius 3 is 3.00 bits per heavy atom. The third-order valence-corrected chi connectivity index (χ3v) is 2.24. The van der Waals surface area contributed by atoms with Gasteiger partial charge in [0.1, 0.15) is 5.82 Å². The summed E-state index contributed by atoms with van der Waals surface area (Å²) in [4.78, 5) is 18.8. The highest BCUT2D eigenvalue weighted by Crippen LogP contribution is 2.07. The molecule has 2 heterocycles. The fourth-order valence-corrected chi connectivity index (χ4v) is 1.42. The van der Waals surface area contributed by atoms with Gasteiger partial charge in [0.15, 0.2) is 6.29 Å². The summed E-state index contributed by atoms with van der Waals surface area (Å²) in [7, 11) is 1.94. The monoisotopic (exact) mass is 201 g/mol. The molecule has 4 heteroatoms. The lowest BCUT2D eigenvalue weighted by molar-refractivity contribution is 0.112. The maximum atomic E-state index is 10.6. The Hall–Kier alpha value is -1.97. The van der Waals surface area contributed by atoms with Gasteiger partial charge in [0.25, 0.3) is 0 Å². The Labute approximate surface area is 87.6 Å². The van der Waals surface area contributed by atoms with Crippen molar-refractivity contribution in [2.24, 2.45) is 7.05 Å². The van der Waals surface area contributed by atoms with Crippen molar-refractivity contribution in [2.45, 2.75) is 6.42 Å². The molecule has 2 aromatic rings. The summed E-state index contributed by atoms with van der Waals surface area (Å²) in [5.41, 5.74) is 1.59. The van der Waals surface area contributed by atoms with Gasteiger partial charge in [0.05, 0.1) is 0 Å². The second-order valence-corrected chi connectivity index (χ2v) is 3.38. The van der Waals surface area contributed by atoms with E-state index >= 15 is 0 Å². The molecule has 0 aliphatic heterocycles.